The van der Waals surface area contributed by atoms with Crippen LogP contribution in [0, 0.1) is 0 Å². The van der Waals surface area contributed by atoms with Crippen molar-refractivity contribution in [3.05, 3.63) is 22.8 Å². The van der Waals surface area contributed by atoms with Gasteiger partial charge in [-0.2, -0.15) is 0 Å². The van der Waals surface area contributed by atoms with E-state index in [1.54, 1.807) is 6.20 Å². The van der Waals surface area contributed by atoms with Crippen LogP contribution in [0.5, 0.6) is 0 Å². The van der Waals surface area contributed by atoms with Crippen molar-refractivity contribution in [1.82, 2.24) is 4.98 Å². The summed E-state index contributed by atoms with van der Waals surface area (Å²) in [6.45, 7) is 4.73. The van der Waals surface area contributed by atoms with Gasteiger partial charge in [0, 0.05) is 25.8 Å². The molecule has 1 aromatic rings. The second-order valence-electron chi connectivity index (χ2n) is 3.68. The summed E-state index contributed by atoms with van der Waals surface area (Å²) in [7, 11) is 2.00. The molecule has 0 bridgehead atoms. The van der Waals surface area contributed by atoms with Crippen LogP contribution in [0.15, 0.2) is 12.3 Å². The minimum atomic E-state index is 0.419. The van der Waals surface area contributed by atoms with Crippen molar-refractivity contribution in [3.8, 4) is 0 Å². The molecule has 1 rings (SSSR count). The molecule has 0 fully saturated rings. The minimum Gasteiger partial charge on any atom is -0.356 e. The number of pyridine rings is 1. The maximum atomic E-state index is 6.22. The largest absolute Gasteiger partial charge is 0.356 e. The Morgan fingerprint density at radius 1 is 1.60 bits per heavy atom. The molecule has 1 atom stereocenters. The van der Waals surface area contributed by atoms with E-state index in [1.807, 2.05) is 13.1 Å². The third-order valence-corrected chi connectivity index (χ3v) is 3.17. The van der Waals surface area contributed by atoms with E-state index >= 15 is 0 Å². The van der Waals surface area contributed by atoms with Crippen LogP contribution in [-0.2, 0) is 6.54 Å². The second-order valence-corrected chi connectivity index (χ2v) is 4.06. The predicted molar refractivity (Wildman–Crippen MR) is 65.3 cm³/mol. The molecule has 0 aliphatic heterocycles. The lowest BCUT2D eigenvalue weighted by Crippen LogP contribution is -2.29. The molecule has 0 saturated carbocycles. The normalized spacial score (nSPS) is 12.6. The van der Waals surface area contributed by atoms with Crippen molar-refractivity contribution in [2.75, 3.05) is 11.9 Å². The van der Waals surface area contributed by atoms with Gasteiger partial charge in [-0.05, 0) is 25.0 Å². The first kappa shape index (κ1) is 12.3. The molecule has 0 aliphatic rings. The molecule has 0 spiro atoms. The summed E-state index contributed by atoms with van der Waals surface area (Å²) in [6, 6.07) is 2.28. The standard InChI is InChI=1S/C11H18ClN3/c1-4-8(2)15(3)11-10(12)9(7-13)5-6-14-11/h5-6,8H,4,7,13H2,1-3H3. The molecule has 15 heavy (non-hydrogen) atoms. The molecule has 84 valence electrons. The summed E-state index contributed by atoms with van der Waals surface area (Å²) < 4.78 is 0. The lowest BCUT2D eigenvalue weighted by Gasteiger charge is -2.26. The zero-order chi connectivity index (χ0) is 11.4. The fourth-order valence-electron chi connectivity index (χ4n) is 1.36. The van der Waals surface area contributed by atoms with Crippen molar-refractivity contribution in [2.45, 2.75) is 32.9 Å². The van der Waals surface area contributed by atoms with E-state index in [0.29, 0.717) is 17.6 Å². The average molecular weight is 228 g/mol. The van der Waals surface area contributed by atoms with Gasteiger partial charge in [0.15, 0.2) is 0 Å². The van der Waals surface area contributed by atoms with E-state index in [1.165, 1.54) is 0 Å². The van der Waals surface area contributed by atoms with Crippen LogP contribution < -0.4 is 10.6 Å². The van der Waals surface area contributed by atoms with Crippen molar-refractivity contribution >= 4 is 17.4 Å². The topological polar surface area (TPSA) is 42.2 Å². The Labute approximate surface area is 96.2 Å². The molecule has 0 saturated heterocycles. The number of anilines is 1. The summed E-state index contributed by atoms with van der Waals surface area (Å²) in [4.78, 5) is 6.38. The summed E-state index contributed by atoms with van der Waals surface area (Å²) >= 11 is 6.22. The molecule has 1 heterocycles. The van der Waals surface area contributed by atoms with Crippen LogP contribution in [0.1, 0.15) is 25.8 Å². The second kappa shape index (κ2) is 5.33. The molecule has 0 amide bonds. The van der Waals surface area contributed by atoms with Gasteiger partial charge >= 0.3 is 0 Å². The van der Waals surface area contributed by atoms with Gasteiger partial charge < -0.3 is 10.6 Å². The van der Waals surface area contributed by atoms with E-state index in [-0.39, 0.29) is 0 Å². The van der Waals surface area contributed by atoms with Crippen molar-refractivity contribution in [1.29, 1.82) is 0 Å². The molecule has 0 radical (unpaired) electrons. The Morgan fingerprint density at radius 2 is 2.27 bits per heavy atom. The van der Waals surface area contributed by atoms with Gasteiger partial charge in [0.05, 0.1) is 5.02 Å². The van der Waals surface area contributed by atoms with Gasteiger partial charge in [-0.15, -0.1) is 0 Å². The number of nitrogens with two attached hydrogens (primary N) is 1. The van der Waals surface area contributed by atoms with E-state index < -0.39 is 0 Å². The summed E-state index contributed by atoms with van der Waals surface area (Å²) in [5.74, 6) is 0.814. The quantitative estimate of drug-likeness (QED) is 0.859. The highest BCUT2D eigenvalue weighted by molar-refractivity contribution is 6.33. The third-order valence-electron chi connectivity index (χ3n) is 2.76. The van der Waals surface area contributed by atoms with Crippen molar-refractivity contribution in [2.24, 2.45) is 5.73 Å². The molecule has 1 unspecified atom stereocenters. The highest BCUT2D eigenvalue weighted by Crippen LogP contribution is 2.27. The zero-order valence-electron chi connectivity index (χ0n) is 9.50. The SMILES string of the molecule is CCC(C)N(C)c1nccc(CN)c1Cl. The Balaban J connectivity index is 3.03. The van der Waals surface area contributed by atoms with Crippen LogP contribution in [0.3, 0.4) is 0 Å². The summed E-state index contributed by atoms with van der Waals surface area (Å²) in [5, 5.41) is 0.669. The maximum absolute atomic E-state index is 6.22. The molecule has 1 aromatic heterocycles. The van der Waals surface area contributed by atoms with Gasteiger partial charge in [0.25, 0.3) is 0 Å². The molecule has 0 aliphatic carbocycles. The van der Waals surface area contributed by atoms with Crippen molar-refractivity contribution < 1.29 is 0 Å². The Bertz CT molecular complexity index is 328. The molecule has 3 nitrogen and oxygen atoms in total. The third kappa shape index (κ3) is 2.61. The number of halogens is 1. The van der Waals surface area contributed by atoms with Crippen LogP contribution >= 0.6 is 11.6 Å². The lowest BCUT2D eigenvalue weighted by atomic mass is 10.2. The average Bonchev–Trinajstić information content (AvgIpc) is 2.27. The van der Waals surface area contributed by atoms with Crippen LogP contribution in [0.4, 0.5) is 5.82 Å². The van der Waals surface area contributed by atoms with Gasteiger partial charge in [0.2, 0.25) is 0 Å². The van der Waals surface area contributed by atoms with Crippen LogP contribution in [0.25, 0.3) is 0 Å². The Morgan fingerprint density at radius 3 is 2.80 bits per heavy atom. The first-order chi connectivity index (χ1) is 7.11. The Kier molecular flexibility index (Phi) is 4.36. The molecule has 2 N–H and O–H groups in total. The maximum Gasteiger partial charge on any atom is 0.147 e. The predicted octanol–water partition coefficient (Wildman–Crippen LogP) is 2.43. The highest BCUT2D eigenvalue weighted by atomic mass is 35.5. The van der Waals surface area contributed by atoms with Gasteiger partial charge in [-0.1, -0.05) is 18.5 Å². The van der Waals surface area contributed by atoms with Gasteiger partial charge in [-0.25, -0.2) is 4.98 Å². The van der Waals surface area contributed by atoms with Crippen molar-refractivity contribution in [3.63, 3.8) is 0 Å². The summed E-state index contributed by atoms with van der Waals surface area (Å²) in [6.07, 6.45) is 2.81. The zero-order valence-corrected chi connectivity index (χ0v) is 10.3. The fourth-order valence-corrected chi connectivity index (χ4v) is 1.68. The number of rotatable bonds is 4. The van der Waals surface area contributed by atoms with E-state index in [4.69, 9.17) is 17.3 Å². The van der Waals surface area contributed by atoms with Crippen LogP contribution in [0.2, 0.25) is 5.02 Å². The number of nitrogens with zero attached hydrogens (tertiary/aromatic N) is 2. The monoisotopic (exact) mass is 227 g/mol. The molecule has 4 heteroatoms. The van der Waals surface area contributed by atoms with E-state index in [0.717, 1.165) is 17.8 Å². The fraction of sp³-hybridized carbons (Fsp3) is 0.545. The number of aromatic nitrogens is 1. The van der Waals surface area contributed by atoms with Gasteiger partial charge in [0.1, 0.15) is 5.82 Å². The van der Waals surface area contributed by atoms with Crippen LogP contribution in [-0.4, -0.2) is 18.1 Å². The molecular weight excluding hydrogens is 210 g/mol. The smallest absolute Gasteiger partial charge is 0.147 e. The van der Waals surface area contributed by atoms with Gasteiger partial charge in [-0.3, -0.25) is 0 Å². The number of hydrogen-bond donors (Lipinski definition) is 1. The lowest BCUT2D eigenvalue weighted by molar-refractivity contribution is 0.656. The number of hydrogen-bond acceptors (Lipinski definition) is 3. The Hall–Kier alpha value is -0.800. The first-order valence-electron chi connectivity index (χ1n) is 5.18. The highest BCUT2D eigenvalue weighted by Gasteiger charge is 2.14. The summed E-state index contributed by atoms with van der Waals surface area (Å²) in [5.41, 5.74) is 6.54. The molecular formula is C11H18ClN3. The first-order valence-corrected chi connectivity index (χ1v) is 5.55. The minimum absolute atomic E-state index is 0.419. The van der Waals surface area contributed by atoms with E-state index in [9.17, 15) is 0 Å². The molecule has 0 aromatic carbocycles. The van der Waals surface area contributed by atoms with E-state index in [2.05, 4.69) is 23.7 Å².